The maximum atomic E-state index is 12.9. The molecule has 29 heavy (non-hydrogen) atoms. The lowest BCUT2D eigenvalue weighted by Crippen LogP contribution is -2.46. The molecule has 0 aliphatic rings. The van der Waals surface area contributed by atoms with E-state index in [-0.39, 0.29) is 5.91 Å². The molecule has 2 aromatic heterocycles. The van der Waals surface area contributed by atoms with Crippen LogP contribution in [0.25, 0.3) is 10.9 Å². The first-order valence-corrected chi connectivity index (χ1v) is 11.2. The molecule has 3 aromatic rings. The van der Waals surface area contributed by atoms with Crippen molar-refractivity contribution >= 4 is 51.2 Å². The summed E-state index contributed by atoms with van der Waals surface area (Å²) in [4.78, 5) is 17.2. The van der Waals surface area contributed by atoms with Gasteiger partial charge < -0.3 is 19.3 Å². The highest BCUT2D eigenvalue weighted by atomic mass is 127. The lowest BCUT2D eigenvalue weighted by Gasteiger charge is -2.26. The number of carbonyl (C=O) groups is 1. The number of thioether (sulfide) groups is 1. The minimum absolute atomic E-state index is 0.250. The van der Waals surface area contributed by atoms with E-state index in [0.717, 1.165) is 14.5 Å². The fourth-order valence-electron chi connectivity index (χ4n) is 2.74. The molecule has 3 rings (SSSR count). The van der Waals surface area contributed by atoms with Crippen molar-refractivity contribution in [3.63, 3.8) is 0 Å². The highest BCUT2D eigenvalue weighted by Crippen LogP contribution is 2.25. The van der Waals surface area contributed by atoms with Gasteiger partial charge in [0.05, 0.1) is 11.1 Å². The molecule has 0 radical (unpaired) electrons. The summed E-state index contributed by atoms with van der Waals surface area (Å²) in [5.41, 5.74) is 0.0479. The number of amides is 1. The topological polar surface area (TPSA) is 86.5 Å². The molecule has 0 saturated carbocycles. The fraction of sp³-hybridized carbons (Fsp3) is 0.350. The van der Waals surface area contributed by atoms with Crippen molar-refractivity contribution in [3.05, 3.63) is 51.6 Å². The second kappa shape index (κ2) is 9.31. The zero-order valence-corrected chi connectivity index (χ0v) is 19.5. The molecule has 1 aromatic carbocycles. The van der Waals surface area contributed by atoms with Crippen molar-refractivity contribution < 1.29 is 18.8 Å². The molecule has 1 N–H and O–H groups in total. The summed E-state index contributed by atoms with van der Waals surface area (Å²) in [6.45, 7) is 4.05. The lowest BCUT2D eigenvalue weighted by atomic mass is 10.0. The normalized spacial score (nSPS) is 12.7. The van der Waals surface area contributed by atoms with E-state index in [2.05, 4.69) is 38.0 Å². The Morgan fingerprint density at radius 1 is 1.34 bits per heavy atom. The van der Waals surface area contributed by atoms with E-state index < -0.39 is 11.0 Å². The van der Waals surface area contributed by atoms with Crippen LogP contribution >= 0.6 is 34.4 Å². The molecule has 0 saturated heterocycles. The fourth-order valence-corrected chi connectivity index (χ4v) is 3.69. The molecule has 0 bridgehead atoms. The van der Waals surface area contributed by atoms with Crippen LogP contribution in [0.5, 0.6) is 5.75 Å². The Bertz CT molecular complexity index is 1010. The molecule has 9 heteroatoms. The molecule has 0 spiro atoms. The molecular formula is C20H22IN3O4S. The SMILES string of the molecule is COCc1cc(C(C)(C)NC(=O)C(Oc2ccc3ncc(I)cc3c2)SC)no1. The summed E-state index contributed by atoms with van der Waals surface area (Å²) in [5, 5.41) is 7.99. The van der Waals surface area contributed by atoms with Gasteiger partial charge in [-0.2, -0.15) is 0 Å². The van der Waals surface area contributed by atoms with Crippen molar-refractivity contribution in [1.82, 2.24) is 15.5 Å². The van der Waals surface area contributed by atoms with Gasteiger partial charge in [-0.3, -0.25) is 9.78 Å². The predicted octanol–water partition coefficient (Wildman–Crippen LogP) is 4.09. The summed E-state index contributed by atoms with van der Waals surface area (Å²) in [6.07, 6.45) is 3.64. The third-order valence-electron chi connectivity index (χ3n) is 4.21. The quantitative estimate of drug-likeness (QED) is 0.349. The minimum Gasteiger partial charge on any atom is -0.470 e. The van der Waals surface area contributed by atoms with E-state index >= 15 is 0 Å². The number of rotatable bonds is 8. The van der Waals surface area contributed by atoms with E-state index in [0.29, 0.717) is 23.8 Å². The average Bonchev–Trinajstić information content (AvgIpc) is 3.15. The number of benzene rings is 1. The highest BCUT2D eigenvalue weighted by Gasteiger charge is 2.31. The Morgan fingerprint density at radius 2 is 2.14 bits per heavy atom. The zero-order chi connectivity index (χ0) is 21.0. The van der Waals surface area contributed by atoms with Gasteiger partial charge in [-0.05, 0) is 67.0 Å². The number of methoxy groups -OCH3 is 1. The number of fused-ring (bicyclic) bond motifs is 1. The number of nitrogens with one attached hydrogen (secondary N) is 1. The van der Waals surface area contributed by atoms with E-state index in [4.69, 9.17) is 14.0 Å². The number of halogens is 1. The molecule has 0 aliphatic carbocycles. The standard InChI is InChI=1S/C20H22IN3O4S/c1-20(2,17-9-15(11-26-3)28-24-17)23-18(25)19(29-4)27-14-5-6-16-12(8-14)7-13(21)10-22-16/h5-10,19H,11H2,1-4H3,(H,23,25). The molecule has 7 nitrogen and oxygen atoms in total. The van der Waals surface area contributed by atoms with Gasteiger partial charge in [0.1, 0.15) is 18.1 Å². The Balaban J connectivity index is 1.72. The Kier molecular flexibility index (Phi) is 7.01. The Labute approximate surface area is 187 Å². The number of ether oxygens (including phenoxy) is 2. The Morgan fingerprint density at radius 3 is 2.86 bits per heavy atom. The smallest absolute Gasteiger partial charge is 0.272 e. The average molecular weight is 527 g/mol. The van der Waals surface area contributed by atoms with Gasteiger partial charge in [-0.1, -0.05) is 5.16 Å². The van der Waals surface area contributed by atoms with Crippen molar-refractivity contribution in [2.24, 2.45) is 0 Å². The van der Waals surface area contributed by atoms with E-state index in [1.54, 1.807) is 13.2 Å². The van der Waals surface area contributed by atoms with Crippen molar-refractivity contribution in [1.29, 1.82) is 0 Å². The van der Waals surface area contributed by atoms with Crippen molar-refractivity contribution in [3.8, 4) is 5.75 Å². The van der Waals surface area contributed by atoms with Crippen LogP contribution in [0.2, 0.25) is 0 Å². The number of aromatic nitrogens is 2. The maximum absolute atomic E-state index is 12.9. The third kappa shape index (κ3) is 5.40. The van der Waals surface area contributed by atoms with Crippen LogP contribution in [0.4, 0.5) is 0 Å². The monoisotopic (exact) mass is 527 g/mol. The number of hydrogen-bond donors (Lipinski definition) is 1. The summed E-state index contributed by atoms with van der Waals surface area (Å²) in [7, 11) is 1.58. The van der Waals surface area contributed by atoms with Crippen molar-refractivity contribution in [2.45, 2.75) is 31.4 Å². The Hall–Kier alpha value is -1.85. The molecule has 0 fully saturated rings. The van der Waals surface area contributed by atoms with Gasteiger partial charge in [0.25, 0.3) is 5.91 Å². The molecule has 1 unspecified atom stereocenters. The van der Waals surface area contributed by atoms with Crippen molar-refractivity contribution in [2.75, 3.05) is 13.4 Å². The molecule has 1 amide bonds. The maximum Gasteiger partial charge on any atom is 0.272 e. The molecule has 1 atom stereocenters. The van der Waals surface area contributed by atoms with Crippen LogP contribution < -0.4 is 10.1 Å². The first kappa shape index (κ1) is 21.8. The van der Waals surface area contributed by atoms with Gasteiger partial charge in [-0.15, -0.1) is 11.8 Å². The van der Waals surface area contributed by atoms with Crippen LogP contribution in [-0.4, -0.2) is 34.8 Å². The summed E-state index contributed by atoms with van der Waals surface area (Å²) in [6, 6.07) is 9.39. The van der Waals surface area contributed by atoms with Crippen LogP contribution in [0.15, 0.2) is 41.1 Å². The number of hydrogen-bond acceptors (Lipinski definition) is 7. The first-order chi connectivity index (χ1) is 13.8. The second-order valence-electron chi connectivity index (χ2n) is 6.92. The number of pyridine rings is 1. The molecular weight excluding hydrogens is 505 g/mol. The predicted molar refractivity (Wildman–Crippen MR) is 121 cm³/mol. The van der Waals surface area contributed by atoms with E-state index in [1.165, 1.54) is 11.8 Å². The molecule has 2 heterocycles. The molecule has 154 valence electrons. The summed E-state index contributed by atoms with van der Waals surface area (Å²) < 4.78 is 17.3. The number of nitrogens with zero attached hydrogens (tertiary/aromatic N) is 2. The zero-order valence-electron chi connectivity index (χ0n) is 16.6. The largest absolute Gasteiger partial charge is 0.470 e. The third-order valence-corrected chi connectivity index (χ3v) is 5.54. The lowest BCUT2D eigenvalue weighted by molar-refractivity contribution is -0.126. The second-order valence-corrected chi connectivity index (χ2v) is 9.06. The number of carbonyl (C=O) groups excluding carboxylic acids is 1. The van der Waals surface area contributed by atoms with Gasteiger partial charge in [0.15, 0.2) is 5.76 Å². The van der Waals surface area contributed by atoms with Crippen LogP contribution in [0, 0.1) is 3.57 Å². The summed E-state index contributed by atoms with van der Waals surface area (Å²) in [5.74, 6) is 0.957. The van der Waals surface area contributed by atoms with Gasteiger partial charge in [-0.25, -0.2) is 0 Å². The summed E-state index contributed by atoms with van der Waals surface area (Å²) >= 11 is 3.53. The van der Waals surface area contributed by atoms with Gasteiger partial charge >= 0.3 is 0 Å². The van der Waals surface area contributed by atoms with Crippen LogP contribution in [0.3, 0.4) is 0 Å². The van der Waals surface area contributed by atoms with Gasteiger partial charge in [0, 0.05) is 28.3 Å². The highest BCUT2D eigenvalue weighted by molar-refractivity contribution is 14.1. The van der Waals surface area contributed by atoms with Gasteiger partial charge in [0.2, 0.25) is 5.44 Å². The van der Waals surface area contributed by atoms with E-state index in [1.807, 2.05) is 50.6 Å². The van der Waals surface area contributed by atoms with E-state index in [9.17, 15) is 4.79 Å². The van der Waals surface area contributed by atoms with Crippen LogP contribution in [0.1, 0.15) is 25.3 Å². The molecule has 0 aliphatic heterocycles. The minimum atomic E-state index is -0.729. The first-order valence-electron chi connectivity index (χ1n) is 8.84. The van der Waals surface area contributed by atoms with Crippen LogP contribution in [-0.2, 0) is 21.7 Å².